The SMILES string of the molecule is CC(C)(C)c1cc(C(C)(C)C)c(-c2ccc(F)cc2)nn1. The van der Waals surface area contributed by atoms with E-state index < -0.39 is 0 Å². The van der Waals surface area contributed by atoms with Crippen molar-refractivity contribution in [1.29, 1.82) is 0 Å². The van der Waals surface area contributed by atoms with Crippen molar-refractivity contribution in [3.63, 3.8) is 0 Å². The third-order valence-electron chi connectivity index (χ3n) is 3.49. The molecule has 0 saturated heterocycles. The molecule has 1 aromatic carbocycles. The van der Waals surface area contributed by atoms with Crippen molar-refractivity contribution >= 4 is 0 Å². The first kappa shape index (κ1) is 15.6. The van der Waals surface area contributed by atoms with Gasteiger partial charge >= 0.3 is 0 Å². The summed E-state index contributed by atoms with van der Waals surface area (Å²) in [5.74, 6) is -0.240. The smallest absolute Gasteiger partial charge is 0.123 e. The van der Waals surface area contributed by atoms with E-state index in [1.165, 1.54) is 12.1 Å². The van der Waals surface area contributed by atoms with Crippen LogP contribution in [0, 0.1) is 5.82 Å². The number of hydrogen-bond acceptors (Lipinski definition) is 2. The monoisotopic (exact) mass is 286 g/mol. The van der Waals surface area contributed by atoms with Crippen LogP contribution in [0.25, 0.3) is 11.3 Å². The summed E-state index contributed by atoms with van der Waals surface area (Å²) in [6, 6.07) is 8.56. The van der Waals surface area contributed by atoms with Gasteiger partial charge in [0, 0.05) is 11.0 Å². The molecule has 0 radical (unpaired) electrons. The van der Waals surface area contributed by atoms with Crippen LogP contribution in [-0.2, 0) is 10.8 Å². The van der Waals surface area contributed by atoms with Crippen LogP contribution < -0.4 is 0 Å². The quantitative estimate of drug-likeness (QED) is 0.747. The molecule has 0 aliphatic heterocycles. The van der Waals surface area contributed by atoms with E-state index in [9.17, 15) is 4.39 Å². The van der Waals surface area contributed by atoms with Gasteiger partial charge in [-0.15, -0.1) is 5.10 Å². The molecule has 1 aromatic heterocycles. The Morgan fingerprint density at radius 1 is 0.810 bits per heavy atom. The van der Waals surface area contributed by atoms with Gasteiger partial charge in [0.15, 0.2) is 0 Å². The highest BCUT2D eigenvalue weighted by Gasteiger charge is 2.25. The predicted molar refractivity (Wildman–Crippen MR) is 84.8 cm³/mol. The minimum atomic E-state index is -0.240. The maximum Gasteiger partial charge on any atom is 0.123 e. The minimum absolute atomic E-state index is 0.0473. The van der Waals surface area contributed by atoms with Crippen molar-refractivity contribution in [1.82, 2.24) is 10.2 Å². The van der Waals surface area contributed by atoms with Crippen LogP contribution >= 0.6 is 0 Å². The lowest BCUT2D eigenvalue weighted by Gasteiger charge is -2.25. The predicted octanol–water partition coefficient (Wildman–Crippen LogP) is 4.88. The second-order valence-corrected chi connectivity index (χ2v) is 7.50. The number of aromatic nitrogens is 2. The van der Waals surface area contributed by atoms with Crippen molar-refractivity contribution in [2.24, 2.45) is 0 Å². The molecule has 0 N–H and O–H groups in total. The zero-order chi connectivity index (χ0) is 15.8. The highest BCUT2D eigenvalue weighted by Crippen LogP contribution is 2.33. The number of benzene rings is 1. The third-order valence-corrected chi connectivity index (χ3v) is 3.49. The Hall–Kier alpha value is -1.77. The zero-order valence-corrected chi connectivity index (χ0v) is 13.7. The summed E-state index contributed by atoms with van der Waals surface area (Å²) in [5, 5.41) is 8.82. The second kappa shape index (κ2) is 5.21. The third kappa shape index (κ3) is 3.46. The lowest BCUT2D eigenvalue weighted by Crippen LogP contribution is -2.20. The Kier molecular flexibility index (Phi) is 3.87. The molecule has 0 atom stereocenters. The Morgan fingerprint density at radius 2 is 1.38 bits per heavy atom. The highest BCUT2D eigenvalue weighted by molar-refractivity contribution is 5.64. The van der Waals surface area contributed by atoms with E-state index in [0.29, 0.717) is 0 Å². The van der Waals surface area contributed by atoms with Gasteiger partial charge in [0.05, 0.1) is 11.4 Å². The molecule has 0 fully saturated rings. The first-order chi connectivity index (χ1) is 9.59. The lowest BCUT2D eigenvalue weighted by atomic mass is 9.81. The summed E-state index contributed by atoms with van der Waals surface area (Å²) < 4.78 is 13.1. The Balaban J connectivity index is 2.63. The normalized spacial score (nSPS) is 12.5. The van der Waals surface area contributed by atoms with Gasteiger partial charge in [0.1, 0.15) is 5.82 Å². The van der Waals surface area contributed by atoms with Crippen LogP contribution in [-0.4, -0.2) is 10.2 Å². The standard InChI is InChI=1S/C18H23FN2/c1-17(2,3)14-11-15(18(4,5)6)20-21-16(14)12-7-9-13(19)10-8-12/h7-11H,1-6H3. The van der Waals surface area contributed by atoms with Gasteiger partial charge in [0.2, 0.25) is 0 Å². The maximum absolute atomic E-state index is 13.1. The maximum atomic E-state index is 13.1. The Labute approximate surface area is 126 Å². The number of rotatable bonds is 1. The molecule has 2 nitrogen and oxygen atoms in total. The minimum Gasteiger partial charge on any atom is -0.207 e. The van der Waals surface area contributed by atoms with Gasteiger partial charge in [-0.3, -0.25) is 0 Å². The number of halogens is 1. The van der Waals surface area contributed by atoms with E-state index in [4.69, 9.17) is 0 Å². The van der Waals surface area contributed by atoms with Gasteiger partial charge in [-0.1, -0.05) is 41.5 Å². The van der Waals surface area contributed by atoms with Gasteiger partial charge in [-0.25, -0.2) is 4.39 Å². The lowest BCUT2D eigenvalue weighted by molar-refractivity contribution is 0.541. The molecular weight excluding hydrogens is 263 g/mol. The van der Waals surface area contributed by atoms with Gasteiger partial charge in [0.25, 0.3) is 0 Å². The summed E-state index contributed by atoms with van der Waals surface area (Å²) in [6.07, 6.45) is 0. The van der Waals surface area contributed by atoms with Crippen LogP contribution in [0.4, 0.5) is 4.39 Å². The van der Waals surface area contributed by atoms with Crippen LogP contribution in [0.1, 0.15) is 52.8 Å². The average molecular weight is 286 g/mol. The van der Waals surface area contributed by atoms with E-state index >= 15 is 0 Å². The summed E-state index contributed by atoms with van der Waals surface area (Å²) >= 11 is 0. The molecule has 2 aromatic rings. The zero-order valence-electron chi connectivity index (χ0n) is 13.7. The topological polar surface area (TPSA) is 25.8 Å². The summed E-state index contributed by atoms with van der Waals surface area (Å²) in [4.78, 5) is 0. The second-order valence-electron chi connectivity index (χ2n) is 7.50. The molecule has 0 bridgehead atoms. The van der Waals surface area contributed by atoms with Gasteiger partial charge < -0.3 is 0 Å². The summed E-state index contributed by atoms with van der Waals surface area (Å²) in [6.45, 7) is 12.8. The molecule has 2 rings (SSSR count). The fourth-order valence-electron chi connectivity index (χ4n) is 2.15. The summed E-state index contributed by atoms with van der Waals surface area (Å²) in [7, 11) is 0. The Morgan fingerprint density at radius 3 is 1.86 bits per heavy atom. The molecule has 0 spiro atoms. The molecule has 0 unspecified atom stereocenters. The van der Waals surface area contributed by atoms with Crippen LogP contribution in [0.3, 0.4) is 0 Å². The van der Waals surface area contributed by atoms with Crippen molar-refractivity contribution < 1.29 is 4.39 Å². The van der Waals surface area contributed by atoms with Gasteiger partial charge in [-0.05, 0) is 41.3 Å². The summed E-state index contributed by atoms with van der Waals surface area (Å²) in [5.41, 5.74) is 3.73. The van der Waals surface area contributed by atoms with Crippen molar-refractivity contribution in [2.45, 2.75) is 52.4 Å². The number of hydrogen-bond donors (Lipinski definition) is 0. The van der Waals surface area contributed by atoms with Crippen molar-refractivity contribution in [3.8, 4) is 11.3 Å². The van der Waals surface area contributed by atoms with Crippen LogP contribution in [0.2, 0.25) is 0 Å². The van der Waals surface area contributed by atoms with Crippen molar-refractivity contribution in [3.05, 3.63) is 47.4 Å². The number of nitrogens with zero attached hydrogens (tertiary/aromatic N) is 2. The first-order valence-electron chi connectivity index (χ1n) is 7.23. The average Bonchev–Trinajstić information content (AvgIpc) is 2.37. The Bertz CT molecular complexity index is 632. The fourth-order valence-corrected chi connectivity index (χ4v) is 2.15. The van der Waals surface area contributed by atoms with E-state index in [2.05, 4.69) is 57.8 Å². The molecule has 0 amide bonds. The highest BCUT2D eigenvalue weighted by atomic mass is 19.1. The van der Waals surface area contributed by atoms with E-state index in [-0.39, 0.29) is 16.6 Å². The molecular formula is C18H23FN2. The van der Waals surface area contributed by atoms with E-state index in [0.717, 1.165) is 22.5 Å². The molecule has 0 aliphatic rings. The molecule has 21 heavy (non-hydrogen) atoms. The van der Waals surface area contributed by atoms with Crippen LogP contribution in [0.5, 0.6) is 0 Å². The largest absolute Gasteiger partial charge is 0.207 e. The van der Waals surface area contributed by atoms with E-state index in [1.807, 2.05) is 0 Å². The first-order valence-corrected chi connectivity index (χ1v) is 7.23. The molecule has 3 heteroatoms. The fraction of sp³-hybridized carbons (Fsp3) is 0.444. The molecule has 0 aliphatic carbocycles. The molecule has 0 saturated carbocycles. The molecule has 112 valence electrons. The van der Waals surface area contributed by atoms with E-state index in [1.54, 1.807) is 12.1 Å². The van der Waals surface area contributed by atoms with Gasteiger partial charge in [-0.2, -0.15) is 5.10 Å². The van der Waals surface area contributed by atoms with Crippen LogP contribution in [0.15, 0.2) is 30.3 Å². The van der Waals surface area contributed by atoms with Crippen molar-refractivity contribution in [2.75, 3.05) is 0 Å². The molecule has 1 heterocycles.